The van der Waals surface area contributed by atoms with Crippen molar-refractivity contribution in [3.8, 4) is 0 Å². The summed E-state index contributed by atoms with van der Waals surface area (Å²) in [5.74, 6) is 1.35. The van der Waals surface area contributed by atoms with Gasteiger partial charge in [0.25, 0.3) is 0 Å². The van der Waals surface area contributed by atoms with Gasteiger partial charge in [0.05, 0.1) is 23.4 Å². The van der Waals surface area contributed by atoms with E-state index in [4.69, 9.17) is 0 Å². The number of pyridine rings is 1. The Labute approximate surface area is 135 Å². The van der Waals surface area contributed by atoms with Crippen molar-refractivity contribution >= 4 is 22.8 Å². The number of rotatable bonds is 5. The molecule has 22 heavy (non-hydrogen) atoms. The van der Waals surface area contributed by atoms with Gasteiger partial charge in [-0.2, -0.15) is 0 Å². The van der Waals surface area contributed by atoms with Crippen LogP contribution in [0.1, 0.15) is 22.7 Å². The number of aliphatic hydroxyl groups excluding tert-OH is 1. The van der Waals surface area contributed by atoms with Crippen LogP contribution in [0.25, 0.3) is 0 Å². The molecule has 6 heteroatoms. The molecule has 2 N–H and O–H groups in total. The summed E-state index contributed by atoms with van der Waals surface area (Å²) in [7, 11) is 0. The number of aliphatic hydroxyl groups is 1. The third-order valence-electron chi connectivity index (χ3n) is 4.10. The first-order valence-electron chi connectivity index (χ1n) is 7.71. The molecule has 0 aromatic carbocycles. The van der Waals surface area contributed by atoms with Crippen LogP contribution in [-0.2, 0) is 6.54 Å². The lowest BCUT2D eigenvalue weighted by Crippen LogP contribution is -2.34. The van der Waals surface area contributed by atoms with Gasteiger partial charge in [0.1, 0.15) is 5.82 Å². The van der Waals surface area contributed by atoms with E-state index >= 15 is 0 Å². The molecule has 0 spiro atoms. The summed E-state index contributed by atoms with van der Waals surface area (Å²) in [5, 5.41) is 13.6. The molecule has 1 aliphatic heterocycles. The highest BCUT2D eigenvalue weighted by Crippen LogP contribution is 2.23. The fourth-order valence-corrected chi connectivity index (χ4v) is 3.45. The summed E-state index contributed by atoms with van der Waals surface area (Å²) in [5.41, 5.74) is 1.16. The van der Waals surface area contributed by atoms with Crippen molar-refractivity contribution in [3.05, 3.63) is 34.4 Å². The zero-order valence-corrected chi connectivity index (χ0v) is 13.6. The highest BCUT2D eigenvalue weighted by atomic mass is 32.1. The van der Waals surface area contributed by atoms with Gasteiger partial charge >= 0.3 is 0 Å². The second-order valence-corrected chi connectivity index (χ2v) is 7.03. The predicted octanol–water partition coefficient (Wildman–Crippen LogP) is 2.67. The molecule has 0 aliphatic carbocycles. The van der Waals surface area contributed by atoms with Crippen LogP contribution >= 0.6 is 11.3 Å². The molecule has 118 valence electrons. The Morgan fingerprint density at radius 3 is 2.68 bits per heavy atom. The fraction of sp³-hybridized carbons (Fsp3) is 0.500. The first kappa shape index (κ1) is 15.2. The standard InChI is InChI=1S/C16H22N4OS/c1-12-17-9-15(22-12)10-19-16-3-2-14(8-18-16)20-6-4-13(11-21)5-7-20/h2-3,8-9,13,21H,4-7,10-11H2,1H3,(H,18,19). The lowest BCUT2D eigenvalue weighted by molar-refractivity contribution is 0.203. The SMILES string of the molecule is Cc1ncc(CNc2ccc(N3CCC(CO)CC3)cn2)s1. The van der Waals surface area contributed by atoms with E-state index in [0.717, 1.165) is 49.0 Å². The predicted molar refractivity (Wildman–Crippen MR) is 90.4 cm³/mol. The molecule has 1 fully saturated rings. The smallest absolute Gasteiger partial charge is 0.126 e. The number of nitrogens with zero attached hydrogens (tertiary/aromatic N) is 3. The van der Waals surface area contributed by atoms with E-state index in [1.54, 1.807) is 11.3 Å². The van der Waals surface area contributed by atoms with Crippen LogP contribution in [0.3, 0.4) is 0 Å². The topological polar surface area (TPSA) is 61.3 Å². The van der Waals surface area contributed by atoms with E-state index in [1.807, 2.05) is 25.4 Å². The number of nitrogens with one attached hydrogen (secondary N) is 1. The molecule has 0 saturated carbocycles. The van der Waals surface area contributed by atoms with Gasteiger partial charge in [-0.15, -0.1) is 11.3 Å². The number of thiazole rings is 1. The Hall–Kier alpha value is -1.66. The molecule has 1 aliphatic rings. The third kappa shape index (κ3) is 3.75. The van der Waals surface area contributed by atoms with E-state index in [2.05, 4.69) is 26.3 Å². The molecule has 0 amide bonds. The van der Waals surface area contributed by atoms with Gasteiger partial charge in [-0.3, -0.25) is 0 Å². The van der Waals surface area contributed by atoms with E-state index in [1.165, 1.54) is 4.88 Å². The zero-order chi connectivity index (χ0) is 15.4. The largest absolute Gasteiger partial charge is 0.396 e. The number of aryl methyl sites for hydroxylation is 1. The summed E-state index contributed by atoms with van der Waals surface area (Å²) < 4.78 is 0. The lowest BCUT2D eigenvalue weighted by atomic mass is 9.98. The Morgan fingerprint density at radius 1 is 1.27 bits per heavy atom. The minimum atomic E-state index is 0.312. The average molecular weight is 318 g/mol. The Bertz CT molecular complexity index is 590. The summed E-state index contributed by atoms with van der Waals surface area (Å²) in [6.07, 6.45) is 5.95. The monoisotopic (exact) mass is 318 g/mol. The third-order valence-corrected chi connectivity index (χ3v) is 5.01. The first-order valence-corrected chi connectivity index (χ1v) is 8.53. The minimum absolute atomic E-state index is 0.312. The van der Waals surface area contributed by atoms with Crippen molar-refractivity contribution in [2.45, 2.75) is 26.3 Å². The summed E-state index contributed by atoms with van der Waals surface area (Å²) in [6, 6.07) is 4.15. The Balaban J connectivity index is 1.54. The molecule has 0 unspecified atom stereocenters. The summed E-state index contributed by atoms with van der Waals surface area (Å²) in [4.78, 5) is 12.3. The number of aromatic nitrogens is 2. The molecule has 0 bridgehead atoms. The van der Waals surface area contributed by atoms with Crippen molar-refractivity contribution < 1.29 is 5.11 Å². The van der Waals surface area contributed by atoms with Gasteiger partial charge < -0.3 is 15.3 Å². The van der Waals surface area contributed by atoms with Gasteiger partial charge in [0.2, 0.25) is 0 Å². The maximum absolute atomic E-state index is 9.20. The van der Waals surface area contributed by atoms with Crippen molar-refractivity contribution in [2.24, 2.45) is 5.92 Å². The van der Waals surface area contributed by atoms with Crippen molar-refractivity contribution in [3.63, 3.8) is 0 Å². The second kappa shape index (κ2) is 7.07. The molecule has 3 rings (SSSR count). The first-order chi connectivity index (χ1) is 10.7. The van der Waals surface area contributed by atoms with E-state index in [-0.39, 0.29) is 0 Å². The number of anilines is 2. The van der Waals surface area contributed by atoms with Gasteiger partial charge in [0.15, 0.2) is 0 Å². The molecule has 2 aromatic heterocycles. The summed E-state index contributed by atoms with van der Waals surface area (Å²) in [6.45, 7) is 5.09. The van der Waals surface area contributed by atoms with Crippen LogP contribution in [0.4, 0.5) is 11.5 Å². The van der Waals surface area contributed by atoms with Gasteiger partial charge in [0, 0.05) is 30.8 Å². The average Bonchev–Trinajstić information content (AvgIpc) is 2.99. The quantitative estimate of drug-likeness (QED) is 0.887. The van der Waals surface area contributed by atoms with Crippen LogP contribution in [0.5, 0.6) is 0 Å². The van der Waals surface area contributed by atoms with Crippen LogP contribution in [0.15, 0.2) is 24.5 Å². The van der Waals surface area contributed by atoms with E-state index < -0.39 is 0 Å². The van der Waals surface area contributed by atoms with Crippen LogP contribution in [0, 0.1) is 12.8 Å². The highest BCUT2D eigenvalue weighted by molar-refractivity contribution is 7.11. The maximum atomic E-state index is 9.20. The van der Waals surface area contributed by atoms with Gasteiger partial charge in [-0.25, -0.2) is 9.97 Å². The summed E-state index contributed by atoms with van der Waals surface area (Å²) >= 11 is 1.71. The lowest BCUT2D eigenvalue weighted by Gasteiger charge is -2.32. The molecular weight excluding hydrogens is 296 g/mol. The van der Waals surface area contributed by atoms with Crippen LogP contribution in [-0.4, -0.2) is 34.8 Å². The number of hydrogen-bond acceptors (Lipinski definition) is 6. The van der Waals surface area contributed by atoms with Crippen molar-refractivity contribution in [1.82, 2.24) is 9.97 Å². The van der Waals surface area contributed by atoms with Crippen molar-refractivity contribution in [2.75, 3.05) is 29.9 Å². The molecule has 0 atom stereocenters. The Morgan fingerprint density at radius 2 is 2.09 bits per heavy atom. The number of piperidine rings is 1. The van der Waals surface area contributed by atoms with Crippen molar-refractivity contribution in [1.29, 1.82) is 0 Å². The molecule has 3 heterocycles. The van der Waals surface area contributed by atoms with Gasteiger partial charge in [-0.05, 0) is 37.8 Å². The number of hydrogen-bond donors (Lipinski definition) is 2. The second-order valence-electron chi connectivity index (χ2n) is 5.71. The van der Waals surface area contributed by atoms with Crippen LogP contribution in [0.2, 0.25) is 0 Å². The van der Waals surface area contributed by atoms with E-state index in [9.17, 15) is 5.11 Å². The molecular formula is C16H22N4OS. The van der Waals surface area contributed by atoms with E-state index in [0.29, 0.717) is 12.5 Å². The fourth-order valence-electron chi connectivity index (χ4n) is 2.72. The molecule has 1 saturated heterocycles. The van der Waals surface area contributed by atoms with Crippen LogP contribution < -0.4 is 10.2 Å². The maximum Gasteiger partial charge on any atom is 0.126 e. The molecule has 5 nitrogen and oxygen atoms in total. The normalized spacial score (nSPS) is 16.0. The molecule has 2 aromatic rings. The van der Waals surface area contributed by atoms with Gasteiger partial charge in [-0.1, -0.05) is 0 Å². The zero-order valence-electron chi connectivity index (χ0n) is 12.8. The molecule has 0 radical (unpaired) electrons. The minimum Gasteiger partial charge on any atom is -0.396 e. The Kier molecular flexibility index (Phi) is 4.90. The highest BCUT2D eigenvalue weighted by Gasteiger charge is 2.18.